The average Bonchev–Trinajstić information content (AvgIpc) is 3.69. The summed E-state index contributed by atoms with van der Waals surface area (Å²) in [7, 11) is 0. The van der Waals surface area contributed by atoms with Gasteiger partial charge in [-0.2, -0.15) is 0 Å². The van der Waals surface area contributed by atoms with Gasteiger partial charge < -0.3 is 4.74 Å². The molecule has 0 aliphatic rings. The molecule has 0 saturated carbocycles. The Bertz CT molecular complexity index is 2780. The summed E-state index contributed by atoms with van der Waals surface area (Å²) in [6.45, 7) is 27.1. The maximum Gasteiger partial charge on any atom is 0.271 e. The second-order valence-electron chi connectivity index (χ2n) is 19.6. The van der Waals surface area contributed by atoms with Crippen molar-refractivity contribution in [2.24, 2.45) is 0 Å². The Morgan fingerprint density at radius 2 is 1.05 bits per heavy atom. The molecule has 0 bridgehead atoms. The van der Waals surface area contributed by atoms with Gasteiger partial charge in [-0.3, -0.25) is 18.7 Å². The van der Waals surface area contributed by atoms with Crippen molar-refractivity contribution in [3.05, 3.63) is 144 Å². The standard InChI is InChI=1S/C51H55N5O/c1-48(2,3)33-17-19-40-41-20-18-38(30-45(41)56(44(40)28-33)47-29-34(21-23-53-47)49(4,5)6)57-39-22-24-52-46(31-39)55-32-54(42-15-13-14-16-43(42)55)37-26-35(50(7,8)9)25-36(27-37)51(10,11)12/h13-31H,1-12H3. The maximum absolute atomic E-state index is 6.69. The fraction of sp³-hybridized carbons (Fsp3) is 0.314. The molecular weight excluding hydrogens is 699 g/mol. The summed E-state index contributed by atoms with van der Waals surface area (Å²) in [5.74, 6) is 3.03. The van der Waals surface area contributed by atoms with Crippen molar-refractivity contribution in [1.82, 2.24) is 19.1 Å². The molecular formula is C51H55N5O. The number of para-hydroxylation sites is 2. The van der Waals surface area contributed by atoms with Crippen LogP contribution in [0.25, 0.3) is 50.2 Å². The van der Waals surface area contributed by atoms with Crippen LogP contribution in [0.2, 0.25) is 0 Å². The molecule has 0 radical (unpaired) electrons. The van der Waals surface area contributed by atoms with E-state index in [1.165, 1.54) is 27.6 Å². The lowest BCUT2D eigenvalue weighted by Crippen LogP contribution is -2.31. The summed E-state index contributed by atoms with van der Waals surface area (Å²) >= 11 is 0. The minimum atomic E-state index is -0.0199. The van der Waals surface area contributed by atoms with Gasteiger partial charge in [0.1, 0.15) is 17.3 Å². The number of aromatic nitrogens is 5. The molecule has 0 fully saturated rings. The molecule has 0 N–H and O–H groups in total. The second-order valence-corrected chi connectivity index (χ2v) is 19.6. The Morgan fingerprint density at radius 3 is 1.72 bits per heavy atom. The first-order valence-corrected chi connectivity index (χ1v) is 20.1. The van der Waals surface area contributed by atoms with Crippen molar-refractivity contribution in [3.63, 3.8) is 0 Å². The van der Waals surface area contributed by atoms with Crippen LogP contribution >= 0.6 is 0 Å². The van der Waals surface area contributed by atoms with E-state index in [2.05, 4.69) is 190 Å². The SMILES string of the molecule is CC(C)(C)c1cc(-[n+]2[c-]n(-c3cc(Oc4ccc5c6ccc(C(C)(C)C)cc6n(-c6cc(C(C)(C)C)ccn6)c5c4)ccn3)c3ccccc32)cc(C(C)(C)C)c1. The highest BCUT2D eigenvalue weighted by Gasteiger charge is 2.24. The molecule has 0 unspecified atom stereocenters. The first-order valence-electron chi connectivity index (χ1n) is 20.1. The number of ether oxygens (including phenoxy) is 1. The molecule has 8 aromatic rings. The number of pyridine rings is 2. The Morgan fingerprint density at radius 1 is 0.491 bits per heavy atom. The van der Waals surface area contributed by atoms with E-state index in [1.807, 2.05) is 22.9 Å². The monoisotopic (exact) mass is 753 g/mol. The number of rotatable bonds is 5. The normalized spacial score (nSPS) is 12.9. The van der Waals surface area contributed by atoms with E-state index in [1.54, 1.807) is 6.20 Å². The van der Waals surface area contributed by atoms with Gasteiger partial charge in [0.05, 0.1) is 27.8 Å². The molecule has 0 aliphatic carbocycles. The van der Waals surface area contributed by atoms with E-state index in [0.29, 0.717) is 5.75 Å². The highest BCUT2D eigenvalue weighted by atomic mass is 16.5. The molecule has 0 aliphatic heterocycles. The Hall–Kier alpha value is -5.75. The van der Waals surface area contributed by atoms with Crippen molar-refractivity contribution in [2.75, 3.05) is 0 Å². The van der Waals surface area contributed by atoms with Crippen LogP contribution in [0.1, 0.15) is 105 Å². The molecule has 8 rings (SSSR count). The van der Waals surface area contributed by atoms with E-state index >= 15 is 0 Å². The fourth-order valence-electron chi connectivity index (χ4n) is 7.53. The summed E-state index contributed by atoms with van der Waals surface area (Å²) in [5, 5.41) is 2.34. The maximum atomic E-state index is 6.69. The largest absolute Gasteiger partial charge is 0.458 e. The molecule has 6 heteroatoms. The smallest absolute Gasteiger partial charge is 0.271 e. The van der Waals surface area contributed by atoms with E-state index in [0.717, 1.165) is 50.5 Å². The lowest BCUT2D eigenvalue weighted by atomic mass is 9.80. The van der Waals surface area contributed by atoms with E-state index < -0.39 is 0 Å². The van der Waals surface area contributed by atoms with Gasteiger partial charge in [-0.15, -0.1) is 0 Å². The average molecular weight is 754 g/mol. The minimum absolute atomic E-state index is 0.00292. The summed E-state index contributed by atoms with van der Waals surface area (Å²) in [6, 6.07) is 36.8. The van der Waals surface area contributed by atoms with Gasteiger partial charge >= 0.3 is 0 Å². The predicted octanol–water partition coefficient (Wildman–Crippen LogP) is 12.6. The third-order valence-corrected chi connectivity index (χ3v) is 11.1. The Balaban J connectivity index is 1.23. The highest BCUT2D eigenvalue weighted by Crippen LogP contribution is 2.38. The lowest BCUT2D eigenvalue weighted by molar-refractivity contribution is -0.572. The number of imidazole rings is 1. The van der Waals surface area contributed by atoms with Crippen molar-refractivity contribution in [3.8, 4) is 28.8 Å². The van der Waals surface area contributed by atoms with Gasteiger partial charge in [0, 0.05) is 35.3 Å². The number of benzene rings is 4. The van der Waals surface area contributed by atoms with Gasteiger partial charge in [0.25, 0.3) is 6.33 Å². The van der Waals surface area contributed by atoms with Gasteiger partial charge in [-0.25, -0.2) is 4.98 Å². The third-order valence-electron chi connectivity index (χ3n) is 11.1. The van der Waals surface area contributed by atoms with Crippen LogP contribution in [0.15, 0.2) is 116 Å². The summed E-state index contributed by atoms with van der Waals surface area (Å²) in [4.78, 5) is 9.77. The van der Waals surface area contributed by atoms with Gasteiger partial charge in [0.2, 0.25) is 0 Å². The van der Waals surface area contributed by atoms with Crippen LogP contribution in [0.5, 0.6) is 11.5 Å². The van der Waals surface area contributed by atoms with E-state index in [9.17, 15) is 0 Å². The zero-order valence-electron chi connectivity index (χ0n) is 35.6. The van der Waals surface area contributed by atoms with E-state index in [4.69, 9.17) is 14.7 Å². The molecule has 57 heavy (non-hydrogen) atoms. The molecule has 4 heterocycles. The molecule has 4 aromatic heterocycles. The van der Waals surface area contributed by atoms with Crippen LogP contribution in [-0.2, 0) is 21.7 Å². The number of fused-ring (bicyclic) bond motifs is 4. The van der Waals surface area contributed by atoms with Gasteiger partial charge in [-0.1, -0.05) is 126 Å². The molecule has 0 atom stereocenters. The minimum Gasteiger partial charge on any atom is -0.458 e. The van der Waals surface area contributed by atoms with Crippen LogP contribution in [0, 0.1) is 6.33 Å². The van der Waals surface area contributed by atoms with Gasteiger partial charge in [0.15, 0.2) is 5.82 Å². The number of nitrogens with zero attached hydrogens (tertiary/aromatic N) is 5. The van der Waals surface area contributed by atoms with Crippen molar-refractivity contribution >= 4 is 32.8 Å². The zero-order chi connectivity index (χ0) is 40.7. The summed E-state index contributed by atoms with van der Waals surface area (Å²) in [6.07, 6.45) is 7.40. The molecule has 6 nitrogen and oxygen atoms in total. The number of hydrogen-bond acceptors (Lipinski definition) is 3. The van der Waals surface area contributed by atoms with Crippen LogP contribution in [-0.4, -0.2) is 19.1 Å². The van der Waals surface area contributed by atoms with Crippen molar-refractivity contribution in [2.45, 2.75) is 105 Å². The van der Waals surface area contributed by atoms with Crippen LogP contribution in [0.4, 0.5) is 0 Å². The van der Waals surface area contributed by atoms with Crippen molar-refractivity contribution < 1.29 is 9.30 Å². The quantitative estimate of drug-likeness (QED) is 0.130. The third kappa shape index (κ3) is 7.22. The molecule has 0 amide bonds. The first kappa shape index (κ1) is 38.1. The molecule has 0 spiro atoms. The number of hydrogen-bond donors (Lipinski definition) is 0. The summed E-state index contributed by atoms with van der Waals surface area (Å²) in [5.41, 5.74) is 10.4. The first-order chi connectivity index (χ1) is 26.8. The van der Waals surface area contributed by atoms with Crippen molar-refractivity contribution in [1.29, 1.82) is 0 Å². The topological polar surface area (TPSA) is 48.8 Å². The molecule has 290 valence electrons. The summed E-state index contributed by atoms with van der Waals surface area (Å²) < 4.78 is 13.2. The van der Waals surface area contributed by atoms with Crippen LogP contribution < -0.4 is 9.30 Å². The lowest BCUT2D eigenvalue weighted by Gasteiger charge is -2.26. The van der Waals surface area contributed by atoms with Crippen LogP contribution in [0.3, 0.4) is 0 Å². The Labute approximate surface area is 337 Å². The molecule has 0 saturated heterocycles. The van der Waals surface area contributed by atoms with E-state index in [-0.39, 0.29) is 21.7 Å². The molecule has 4 aromatic carbocycles. The fourth-order valence-corrected chi connectivity index (χ4v) is 7.53. The highest BCUT2D eigenvalue weighted by molar-refractivity contribution is 6.09. The Kier molecular flexibility index (Phi) is 8.99. The predicted molar refractivity (Wildman–Crippen MR) is 235 cm³/mol. The second kappa shape index (κ2) is 13.4. The zero-order valence-corrected chi connectivity index (χ0v) is 35.6. The van der Waals surface area contributed by atoms with Gasteiger partial charge in [-0.05, 0) is 92.4 Å².